The molecule has 2 N–H and O–H groups in total. The first-order chi connectivity index (χ1) is 16.0. The molecule has 0 aliphatic carbocycles. The van der Waals surface area contributed by atoms with Gasteiger partial charge in [0.05, 0.1) is 31.2 Å². The summed E-state index contributed by atoms with van der Waals surface area (Å²) >= 11 is 0. The van der Waals surface area contributed by atoms with Gasteiger partial charge in [-0.05, 0) is 48.2 Å². The van der Waals surface area contributed by atoms with E-state index in [0.717, 1.165) is 24.0 Å². The first-order valence-electron chi connectivity index (χ1n) is 11.0. The van der Waals surface area contributed by atoms with Crippen LogP contribution in [0.4, 0.5) is 5.82 Å². The van der Waals surface area contributed by atoms with E-state index in [1.165, 1.54) is 13.3 Å². The van der Waals surface area contributed by atoms with E-state index < -0.39 is 0 Å². The van der Waals surface area contributed by atoms with E-state index in [-0.39, 0.29) is 24.8 Å². The average molecular weight is 452 g/mol. The summed E-state index contributed by atoms with van der Waals surface area (Å²) in [6.07, 6.45) is 5.88. The van der Waals surface area contributed by atoms with Crippen LogP contribution in [0, 0.1) is 0 Å². The standard InChI is InChI=1S/C24H29N5O4/c1-3-4-10-25-26-15-19-6-5-7-22(27-19)28-24(32)20-13-18-16-29(23(31)9-12-30)11-8-17(18)14-21(20)33-2/h5-7,10,13-15,30H,3-4,8-9,11-12,16H2,1-2H3,(H,27,28,32)/b25-10+,26-15+. The maximum absolute atomic E-state index is 13.0. The van der Waals surface area contributed by atoms with E-state index in [0.29, 0.717) is 42.3 Å². The van der Waals surface area contributed by atoms with Crippen molar-refractivity contribution >= 4 is 30.1 Å². The third-order valence-electron chi connectivity index (χ3n) is 5.23. The van der Waals surface area contributed by atoms with Gasteiger partial charge in [0.2, 0.25) is 5.91 Å². The molecule has 0 saturated heterocycles. The van der Waals surface area contributed by atoms with Crippen LogP contribution in [0.5, 0.6) is 5.75 Å². The van der Waals surface area contributed by atoms with Gasteiger partial charge in [0.1, 0.15) is 11.6 Å². The molecule has 1 aliphatic rings. The molecule has 9 heteroatoms. The van der Waals surface area contributed by atoms with Crippen LogP contribution in [-0.4, -0.2) is 59.5 Å². The Morgan fingerprint density at radius 1 is 1.27 bits per heavy atom. The number of hydrogen-bond acceptors (Lipinski definition) is 7. The molecule has 0 atom stereocenters. The number of rotatable bonds is 9. The zero-order valence-corrected chi connectivity index (χ0v) is 19.0. The number of aromatic nitrogens is 1. The van der Waals surface area contributed by atoms with E-state index in [9.17, 15) is 9.59 Å². The maximum atomic E-state index is 13.0. The molecule has 2 aromatic rings. The number of carbonyl (C=O) groups excluding carboxylic acids is 2. The van der Waals surface area contributed by atoms with Crippen molar-refractivity contribution in [2.45, 2.75) is 39.2 Å². The summed E-state index contributed by atoms with van der Waals surface area (Å²) in [6.45, 7) is 2.84. The highest BCUT2D eigenvalue weighted by Gasteiger charge is 2.24. The van der Waals surface area contributed by atoms with Crippen molar-refractivity contribution < 1.29 is 19.4 Å². The number of aliphatic hydroxyl groups excluding tert-OH is 1. The summed E-state index contributed by atoms with van der Waals surface area (Å²) in [4.78, 5) is 31.3. The number of hydrogen-bond donors (Lipinski definition) is 2. The van der Waals surface area contributed by atoms with Gasteiger partial charge in [0, 0.05) is 25.7 Å². The number of fused-ring (bicyclic) bond motifs is 1. The third kappa shape index (κ3) is 6.45. The number of nitrogens with one attached hydrogen (secondary N) is 1. The van der Waals surface area contributed by atoms with Gasteiger partial charge in [-0.25, -0.2) is 4.98 Å². The van der Waals surface area contributed by atoms with Gasteiger partial charge in [0.25, 0.3) is 5.91 Å². The second kappa shape index (κ2) is 11.9. The molecule has 33 heavy (non-hydrogen) atoms. The monoisotopic (exact) mass is 451 g/mol. The Kier molecular flexibility index (Phi) is 8.65. The van der Waals surface area contributed by atoms with Crippen LogP contribution in [0.15, 0.2) is 40.5 Å². The maximum Gasteiger partial charge on any atom is 0.260 e. The number of benzene rings is 1. The molecule has 1 aromatic carbocycles. The van der Waals surface area contributed by atoms with Crippen molar-refractivity contribution in [3.05, 3.63) is 52.7 Å². The highest BCUT2D eigenvalue weighted by Crippen LogP contribution is 2.29. The molecule has 0 spiro atoms. The molecule has 0 fully saturated rings. The zero-order valence-electron chi connectivity index (χ0n) is 19.0. The van der Waals surface area contributed by atoms with Crippen LogP contribution < -0.4 is 10.1 Å². The molecule has 0 radical (unpaired) electrons. The third-order valence-corrected chi connectivity index (χ3v) is 5.23. The van der Waals surface area contributed by atoms with Crippen LogP contribution in [-0.2, 0) is 17.8 Å². The number of ether oxygens (including phenoxy) is 1. The second-order valence-corrected chi connectivity index (χ2v) is 7.59. The van der Waals surface area contributed by atoms with Crippen LogP contribution in [0.2, 0.25) is 0 Å². The molecule has 3 rings (SSSR count). The molecular weight excluding hydrogens is 422 g/mol. The van der Waals surface area contributed by atoms with Crippen LogP contribution in [0.3, 0.4) is 0 Å². The summed E-state index contributed by atoms with van der Waals surface area (Å²) in [5.41, 5.74) is 2.85. The largest absolute Gasteiger partial charge is 0.496 e. The van der Waals surface area contributed by atoms with Crippen molar-refractivity contribution in [2.75, 3.05) is 25.6 Å². The van der Waals surface area contributed by atoms with Gasteiger partial charge in [0.15, 0.2) is 0 Å². The van der Waals surface area contributed by atoms with Crippen LogP contribution >= 0.6 is 0 Å². The fourth-order valence-corrected chi connectivity index (χ4v) is 3.50. The Labute approximate surface area is 193 Å². The SMILES string of the molecule is CCC/C=N/N=C/c1cccc(NC(=O)c2cc3c(cc2OC)CCN(C(=O)CCO)C3)n1. The molecule has 2 amide bonds. The number of amides is 2. The van der Waals surface area contributed by atoms with Gasteiger partial charge >= 0.3 is 0 Å². The van der Waals surface area contributed by atoms with E-state index >= 15 is 0 Å². The quantitative estimate of drug-likeness (QED) is 0.449. The number of carbonyl (C=O) groups is 2. The molecule has 174 valence electrons. The Hall–Kier alpha value is -3.59. The number of unbranched alkanes of at least 4 members (excludes halogenated alkanes) is 1. The Bertz CT molecular complexity index is 1050. The average Bonchev–Trinajstić information content (AvgIpc) is 2.83. The predicted molar refractivity (Wildman–Crippen MR) is 127 cm³/mol. The molecule has 1 aliphatic heterocycles. The van der Waals surface area contributed by atoms with Gasteiger partial charge in [-0.3, -0.25) is 9.59 Å². The van der Waals surface area contributed by atoms with Gasteiger partial charge < -0.3 is 20.1 Å². The van der Waals surface area contributed by atoms with Crippen molar-refractivity contribution in [1.29, 1.82) is 0 Å². The van der Waals surface area contributed by atoms with Gasteiger partial charge in [-0.15, -0.1) is 0 Å². The summed E-state index contributed by atoms with van der Waals surface area (Å²) < 4.78 is 5.46. The molecular formula is C24H29N5O4. The number of anilines is 1. The van der Waals surface area contributed by atoms with Crippen molar-refractivity contribution in [3.63, 3.8) is 0 Å². The van der Waals surface area contributed by atoms with Gasteiger partial charge in [-0.2, -0.15) is 10.2 Å². The van der Waals surface area contributed by atoms with E-state index in [1.807, 2.05) is 6.07 Å². The van der Waals surface area contributed by atoms with Crippen molar-refractivity contribution in [1.82, 2.24) is 9.88 Å². The lowest BCUT2D eigenvalue weighted by Crippen LogP contribution is -2.36. The van der Waals surface area contributed by atoms with E-state index in [1.54, 1.807) is 35.4 Å². The molecule has 9 nitrogen and oxygen atoms in total. The Morgan fingerprint density at radius 3 is 2.88 bits per heavy atom. The number of pyridine rings is 1. The minimum Gasteiger partial charge on any atom is -0.496 e. The molecule has 0 unspecified atom stereocenters. The molecule has 2 heterocycles. The highest BCUT2D eigenvalue weighted by molar-refractivity contribution is 6.06. The topological polar surface area (TPSA) is 116 Å². The lowest BCUT2D eigenvalue weighted by atomic mass is 9.96. The van der Waals surface area contributed by atoms with Crippen LogP contribution in [0.1, 0.15) is 53.4 Å². The van der Waals surface area contributed by atoms with Gasteiger partial charge in [-0.1, -0.05) is 19.4 Å². The number of aliphatic hydroxyl groups is 1. The fraction of sp³-hybridized carbons (Fsp3) is 0.375. The minimum absolute atomic E-state index is 0.0913. The lowest BCUT2D eigenvalue weighted by Gasteiger charge is -2.29. The fourth-order valence-electron chi connectivity index (χ4n) is 3.50. The highest BCUT2D eigenvalue weighted by atomic mass is 16.5. The number of nitrogens with zero attached hydrogens (tertiary/aromatic N) is 4. The van der Waals surface area contributed by atoms with Crippen LogP contribution in [0.25, 0.3) is 0 Å². The minimum atomic E-state index is -0.365. The number of methoxy groups -OCH3 is 1. The van der Waals surface area contributed by atoms with Crippen molar-refractivity contribution in [3.8, 4) is 5.75 Å². The summed E-state index contributed by atoms with van der Waals surface area (Å²) in [7, 11) is 1.52. The molecule has 0 bridgehead atoms. The normalized spacial score (nSPS) is 13.4. The predicted octanol–water partition coefficient (Wildman–Crippen LogP) is 2.81. The zero-order chi connectivity index (χ0) is 23.6. The van der Waals surface area contributed by atoms with E-state index in [2.05, 4.69) is 27.4 Å². The van der Waals surface area contributed by atoms with Crippen molar-refractivity contribution in [2.24, 2.45) is 10.2 Å². The summed E-state index contributed by atoms with van der Waals surface area (Å²) in [6, 6.07) is 8.84. The first-order valence-corrected chi connectivity index (χ1v) is 11.0. The summed E-state index contributed by atoms with van der Waals surface area (Å²) in [5.74, 6) is 0.369. The molecule has 0 saturated carbocycles. The Morgan fingerprint density at radius 2 is 2.12 bits per heavy atom. The smallest absolute Gasteiger partial charge is 0.260 e. The van der Waals surface area contributed by atoms with E-state index in [4.69, 9.17) is 9.84 Å². The first kappa shape index (κ1) is 24.1. The Balaban J connectivity index is 1.77. The second-order valence-electron chi connectivity index (χ2n) is 7.59. The molecule has 1 aromatic heterocycles. The lowest BCUT2D eigenvalue weighted by molar-refractivity contribution is -0.132. The summed E-state index contributed by atoms with van der Waals surface area (Å²) in [5, 5.41) is 19.8.